The standard InChI is InChI=1S/C17H26N2O/c1-12-5-7-19(13(2)9-12)16(11-18)14-3-4-17-15(10-14)6-8-20-17/h3-4,10,12-13,16H,5-9,11,18H2,1-2H3. The Kier molecular flexibility index (Phi) is 3.99. The van der Waals surface area contributed by atoms with Gasteiger partial charge in [-0.15, -0.1) is 0 Å². The zero-order chi connectivity index (χ0) is 14.1. The average molecular weight is 274 g/mol. The van der Waals surface area contributed by atoms with Crippen molar-refractivity contribution in [3.05, 3.63) is 29.3 Å². The summed E-state index contributed by atoms with van der Waals surface area (Å²) in [6.45, 7) is 7.38. The average Bonchev–Trinajstić information content (AvgIpc) is 2.89. The van der Waals surface area contributed by atoms with Gasteiger partial charge in [0.15, 0.2) is 0 Å². The molecule has 1 aromatic carbocycles. The molecule has 0 aromatic heterocycles. The van der Waals surface area contributed by atoms with Crippen molar-refractivity contribution in [1.29, 1.82) is 0 Å². The van der Waals surface area contributed by atoms with E-state index in [1.54, 1.807) is 0 Å². The molecule has 0 radical (unpaired) electrons. The first-order chi connectivity index (χ1) is 9.69. The molecule has 0 saturated carbocycles. The number of hydrogen-bond donors (Lipinski definition) is 1. The Morgan fingerprint density at radius 1 is 1.40 bits per heavy atom. The van der Waals surface area contributed by atoms with Gasteiger partial charge in [-0.2, -0.15) is 0 Å². The smallest absolute Gasteiger partial charge is 0.122 e. The van der Waals surface area contributed by atoms with Gasteiger partial charge in [-0.1, -0.05) is 19.1 Å². The lowest BCUT2D eigenvalue weighted by Gasteiger charge is -2.41. The Morgan fingerprint density at radius 3 is 3.00 bits per heavy atom. The first-order valence-electron chi connectivity index (χ1n) is 7.90. The lowest BCUT2D eigenvalue weighted by Crippen LogP contribution is -2.44. The molecule has 1 saturated heterocycles. The largest absolute Gasteiger partial charge is 0.493 e. The number of benzene rings is 1. The molecule has 2 aliphatic heterocycles. The highest BCUT2D eigenvalue weighted by Crippen LogP contribution is 2.33. The molecule has 3 atom stereocenters. The van der Waals surface area contributed by atoms with Gasteiger partial charge >= 0.3 is 0 Å². The number of hydrogen-bond acceptors (Lipinski definition) is 3. The van der Waals surface area contributed by atoms with Crippen molar-refractivity contribution >= 4 is 0 Å². The van der Waals surface area contributed by atoms with Gasteiger partial charge in [-0.05, 0) is 49.4 Å². The molecule has 3 heteroatoms. The summed E-state index contributed by atoms with van der Waals surface area (Å²) in [6.07, 6.45) is 3.60. The van der Waals surface area contributed by atoms with Crippen molar-refractivity contribution in [2.24, 2.45) is 11.7 Å². The Morgan fingerprint density at radius 2 is 2.25 bits per heavy atom. The van der Waals surface area contributed by atoms with Crippen molar-refractivity contribution in [2.45, 2.75) is 45.2 Å². The van der Waals surface area contributed by atoms with Crippen LogP contribution >= 0.6 is 0 Å². The third kappa shape index (κ3) is 2.57. The van der Waals surface area contributed by atoms with Crippen molar-refractivity contribution in [3.63, 3.8) is 0 Å². The molecule has 0 bridgehead atoms. The van der Waals surface area contributed by atoms with Gasteiger partial charge in [0, 0.05) is 25.0 Å². The van der Waals surface area contributed by atoms with Crippen LogP contribution in [0.1, 0.15) is 43.9 Å². The van der Waals surface area contributed by atoms with Crippen LogP contribution in [0, 0.1) is 5.92 Å². The predicted molar refractivity (Wildman–Crippen MR) is 82.0 cm³/mol. The highest BCUT2D eigenvalue weighted by Gasteiger charge is 2.29. The molecule has 110 valence electrons. The molecular formula is C17H26N2O. The maximum atomic E-state index is 6.10. The van der Waals surface area contributed by atoms with E-state index in [4.69, 9.17) is 10.5 Å². The Labute approximate surface area is 122 Å². The van der Waals surface area contributed by atoms with E-state index >= 15 is 0 Å². The fourth-order valence-corrected chi connectivity index (χ4v) is 3.77. The minimum absolute atomic E-state index is 0.350. The topological polar surface area (TPSA) is 38.5 Å². The molecule has 1 fully saturated rings. The molecule has 2 N–H and O–H groups in total. The molecular weight excluding hydrogens is 248 g/mol. The van der Waals surface area contributed by atoms with Gasteiger partial charge < -0.3 is 10.5 Å². The summed E-state index contributed by atoms with van der Waals surface area (Å²) >= 11 is 0. The fraction of sp³-hybridized carbons (Fsp3) is 0.647. The minimum Gasteiger partial charge on any atom is -0.493 e. The van der Waals surface area contributed by atoms with E-state index in [1.165, 1.54) is 24.0 Å². The molecule has 0 amide bonds. The summed E-state index contributed by atoms with van der Waals surface area (Å²) < 4.78 is 5.60. The zero-order valence-corrected chi connectivity index (χ0v) is 12.6. The van der Waals surface area contributed by atoms with Crippen LogP contribution in [-0.4, -0.2) is 30.6 Å². The second-order valence-electron chi connectivity index (χ2n) is 6.43. The number of nitrogens with zero attached hydrogens (tertiary/aromatic N) is 1. The van der Waals surface area contributed by atoms with Crippen LogP contribution in [0.4, 0.5) is 0 Å². The van der Waals surface area contributed by atoms with Crippen molar-refractivity contribution < 1.29 is 4.74 Å². The SMILES string of the molecule is CC1CCN(C(CN)c2ccc3c(c2)CCO3)C(C)C1. The van der Waals surface area contributed by atoms with E-state index in [2.05, 4.69) is 36.9 Å². The molecule has 0 spiro atoms. The summed E-state index contributed by atoms with van der Waals surface area (Å²) in [6, 6.07) is 7.61. The molecule has 2 heterocycles. The number of nitrogens with two attached hydrogens (primary N) is 1. The maximum absolute atomic E-state index is 6.10. The number of fused-ring (bicyclic) bond motifs is 1. The molecule has 0 aliphatic carbocycles. The molecule has 1 aromatic rings. The quantitative estimate of drug-likeness (QED) is 0.921. The van der Waals surface area contributed by atoms with Crippen LogP contribution in [0.3, 0.4) is 0 Å². The van der Waals surface area contributed by atoms with Gasteiger partial charge in [-0.25, -0.2) is 0 Å². The van der Waals surface area contributed by atoms with E-state index < -0.39 is 0 Å². The summed E-state index contributed by atoms with van der Waals surface area (Å²) in [5.41, 5.74) is 8.81. The predicted octanol–water partition coefficient (Wildman–Crippen LogP) is 2.74. The summed E-state index contributed by atoms with van der Waals surface area (Å²) in [5.74, 6) is 1.90. The minimum atomic E-state index is 0.350. The van der Waals surface area contributed by atoms with E-state index in [0.717, 1.165) is 31.2 Å². The zero-order valence-electron chi connectivity index (χ0n) is 12.6. The molecule has 3 unspecified atom stereocenters. The summed E-state index contributed by atoms with van der Waals surface area (Å²) in [7, 11) is 0. The monoisotopic (exact) mass is 274 g/mol. The second kappa shape index (κ2) is 5.74. The third-order valence-electron chi connectivity index (χ3n) is 4.91. The van der Waals surface area contributed by atoms with Crippen LogP contribution in [0.5, 0.6) is 5.75 Å². The Bertz CT molecular complexity index is 474. The van der Waals surface area contributed by atoms with Crippen LogP contribution in [-0.2, 0) is 6.42 Å². The number of likely N-dealkylation sites (tertiary alicyclic amines) is 1. The van der Waals surface area contributed by atoms with Crippen molar-refractivity contribution in [3.8, 4) is 5.75 Å². The van der Waals surface area contributed by atoms with Crippen LogP contribution in [0.15, 0.2) is 18.2 Å². The van der Waals surface area contributed by atoms with Crippen LogP contribution in [0.2, 0.25) is 0 Å². The normalized spacial score (nSPS) is 27.9. The van der Waals surface area contributed by atoms with Crippen LogP contribution in [0.25, 0.3) is 0 Å². The van der Waals surface area contributed by atoms with Gasteiger partial charge in [0.25, 0.3) is 0 Å². The Hall–Kier alpha value is -1.06. The van der Waals surface area contributed by atoms with Gasteiger partial charge in [0.1, 0.15) is 5.75 Å². The highest BCUT2D eigenvalue weighted by molar-refractivity contribution is 5.41. The molecule has 3 nitrogen and oxygen atoms in total. The van der Waals surface area contributed by atoms with E-state index in [-0.39, 0.29) is 0 Å². The van der Waals surface area contributed by atoms with Crippen molar-refractivity contribution in [2.75, 3.05) is 19.7 Å². The van der Waals surface area contributed by atoms with Gasteiger partial charge in [0.2, 0.25) is 0 Å². The molecule has 2 aliphatic rings. The van der Waals surface area contributed by atoms with Crippen LogP contribution < -0.4 is 10.5 Å². The fourth-order valence-electron chi connectivity index (χ4n) is 3.77. The lowest BCUT2D eigenvalue weighted by molar-refractivity contribution is 0.0847. The lowest BCUT2D eigenvalue weighted by atomic mass is 9.90. The summed E-state index contributed by atoms with van der Waals surface area (Å²) in [4.78, 5) is 2.59. The first-order valence-corrected chi connectivity index (χ1v) is 7.90. The highest BCUT2D eigenvalue weighted by atomic mass is 16.5. The molecule has 20 heavy (non-hydrogen) atoms. The number of piperidine rings is 1. The third-order valence-corrected chi connectivity index (χ3v) is 4.91. The van der Waals surface area contributed by atoms with E-state index in [0.29, 0.717) is 18.6 Å². The van der Waals surface area contributed by atoms with Gasteiger partial charge in [0.05, 0.1) is 6.61 Å². The van der Waals surface area contributed by atoms with Gasteiger partial charge in [-0.3, -0.25) is 4.90 Å². The number of rotatable bonds is 3. The maximum Gasteiger partial charge on any atom is 0.122 e. The summed E-state index contributed by atoms with van der Waals surface area (Å²) in [5, 5.41) is 0. The molecule has 3 rings (SSSR count). The number of ether oxygens (including phenoxy) is 1. The Balaban J connectivity index is 1.82. The second-order valence-corrected chi connectivity index (χ2v) is 6.43. The first kappa shape index (κ1) is 13.9. The van der Waals surface area contributed by atoms with E-state index in [9.17, 15) is 0 Å². The van der Waals surface area contributed by atoms with Crippen molar-refractivity contribution in [1.82, 2.24) is 4.90 Å². The van der Waals surface area contributed by atoms with E-state index in [1.807, 2.05) is 0 Å².